The summed E-state index contributed by atoms with van der Waals surface area (Å²) in [5.74, 6) is -0.823. The van der Waals surface area contributed by atoms with E-state index >= 15 is 0 Å². The van der Waals surface area contributed by atoms with Crippen LogP contribution in [-0.4, -0.2) is 26.4 Å². The van der Waals surface area contributed by atoms with E-state index in [0.717, 1.165) is 15.0 Å². The van der Waals surface area contributed by atoms with Crippen LogP contribution in [0.5, 0.6) is 0 Å². The van der Waals surface area contributed by atoms with Crippen LogP contribution in [0.2, 0.25) is 0 Å². The third-order valence-corrected chi connectivity index (χ3v) is 3.88. The van der Waals surface area contributed by atoms with E-state index in [9.17, 15) is 4.79 Å². The summed E-state index contributed by atoms with van der Waals surface area (Å²) in [5, 5.41) is 9.43. The summed E-state index contributed by atoms with van der Waals surface area (Å²) >= 11 is 3.47. The van der Waals surface area contributed by atoms with Crippen LogP contribution in [0.25, 0.3) is 5.69 Å². The second-order valence-corrected chi connectivity index (χ2v) is 5.88. The Labute approximate surface area is 123 Å². The zero-order valence-electron chi connectivity index (χ0n) is 9.63. The molecule has 0 saturated heterocycles. The van der Waals surface area contributed by atoms with Gasteiger partial charge in [-0.05, 0) is 53.8 Å². The minimum Gasteiger partial charge on any atom is -0.481 e. The van der Waals surface area contributed by atoms with E-state index in [0.29, 0.717) is 5.16 Å². The van der Waals surface area contributed by atoms with Crippen LogP contribution in [0, 0.1) is 10.5 Å². The van der Waals surface area contributed by atoms with Crippen molar-refractivity contribution >= 4 is 40.3 Å². The van der Waals surface area contributed by atoms with Gasteiger partial charge in [0.25, 0.3) is 0 Å². The van der Waals surface area contributed by atoms with Gasteiger partial charge in [-0.3, -0.25) is 9.36 Å². The van der Waals surface area contributed by atoms with Gasteiger partial charge in [0, 0.05) is 15.5 Å². The highest BCUT2D eigenvalue weighted by Crippen LogP contribution is 2.22. The van der Waals surface area contributed by atoms with Gasteiger partial charge in [0.2, 0.25) is 0 Å². The SMILES string of the molecule is Cc1cn(-c2ccc(I)cc2)c(SCC(=O)O)n1. The van der Waals surface area contributed by atoms with Crippen molar-refractivity contribution < 1.29 is 9.90 Å². The summed E-state index contributed by atoms with van der Waals surface area (Å²) in [4.78, 5) is 15.0. The molecule has 0 spiro atoms. The van der Waals surface area contributed by atoms with Crippen molar-refractivity contribution in [3.8, 4) is 5.69 Å². The Balaban J connectivity index is 2.31. The molecule has 94 valence electrons. The van der Waals surface area contributed by atoms with E-state index in [1.807, 2.05) is 42.0 Å². The lowest BCUT2D eigenvalue weighted by Gasteiger charge is -2.06. The summed E-state index contributed by atoms with van der Waals surface area (Å²) in [6.45, 7) is 1.90. The van der Waals surface area contributed by atoms with Crippen LogP contribution in [0.15, 0.2) is 35.6 Å². The lowest BCUT2D eigenvalue weighted by Crippen LogP contribution is -2.01. The van der Waals surface area contributed by atoms with Crippen LogP contribution in [0.1, 0.15) is 5.69 Å². The molecule has 1 N–H and O–H groups in total. The zero-order chi connectivity index (χ0) is 13.1. The van der Waals surface area contributed by atoms with Gasteiger partial charge in [-0.1, -0.05) is 11.8 Å². The molecular formula is C12H11IN2O2S. The van der Waals surface area contributed by atoms with E-state index in [2.05, 4.69) is 27.6 Å². The molecule has 2 aromatic rings. The summed E-state index contributed by atoms with van der Waals surface area (Å²) in [7, 11) is 0. The van der Waals surface area contributed by atoms with E-state index in [1.165, 1.54) is 11.8 Å². The van der Waals surface area contributed by atoms with Crippen LogP contribution in [0.4, 0.5) is 0 Å². The lowest BCUT2D eigenvalue weighted by atomic mass is 10.3. The summed E-state index contributed by atoms with van der Waals surface area (Å²) in [6, 6.07) is 8.01. The summed E-state index contributed by atoms with van der Waals surface area (Å²) in [6.07, 6.45) is 1.91. The summed E-state index contributed by atoms with van der Waals surface area (Å²) < 4.78 is 3.08. The fraction of sp³-hybridized carbons (Fsp3) is 0.167. The standard InChI is InChI=1S/C12H11IN2O2S/c1-8-6-15(10-4-2-9(13)3-5-10)12(14-8)18-7-11(16)17/h2-6H,7H2,1H3,(H,16,17). The lowest BCUT2D eigenvalue weighted by molar-refractivity contribution is -0.133. The first-order valence-corrected chi connectivity index (χ1v) is 7.29. The fourth-order valence-electron chi connectivity index (χ4n) is 1.49. The minimum atomic E-state index is -0.838. The normalized spacial score (nSPS) is 10.6. The molecule has 2 rings (SSSR count). The second-order valence-electron chi connectivity index (χ2n) is 3.69. The van der Waals surface area contributed by atoms with E-state index in [4.69, 9.17) is 5.11 Å². The van der Waals surface area contributed by atoms with Crippen LogP contribution in [0.3, 0.4) is 0 Å². The maximum absolute atomic E-state index is 10.6. The zero-order valence-corrected chi connectivity index (χ0v) is 12.6. The predicted octanol–water partition coefficient (Wildman–Crippen LogP) is 2.96. The largest absolute Gasteiger partial charge is 0.481 e. The molecule has 18 heavy (non-hydrogen) atoms. The number of carboxylic acid groups (broad SMARTS) is 1. The molecule has 0 bridgehead atoms. The first-order valence-electron chi connectivity index (χ1n) is 5.23. The van der Waals surface area contributed by atoms with Gasteiger partial charge in [0.15, 0.2) is 5.16 Å². The number of carbonyl (C=O) groups is 1. The van der Waals surface area contributed by atoms with Gasteiger partial charge < -0.3 is 5.11 Å². The van der Waals surface area contributed by atoms with Gasteiger partial charge in [-0.25, -0.2) is 4.98 Å². The number of imidazole rings is 1. The van der Waals surface area contributed by atoms with Crippen molar-refractivity contribution in [2.75, 3.05) is 5.75 Å². The van der Waals surface area contributed by atoms with Crippen LogP contribution >= 0.6 is 34.4 Å². The smallest absolute Gasteiger partial charge is 0.313 e. The molecule has 0 aliphatic heterocycles. The molecule has 1 heterocycles. The third-order valence-electron chi connectivity index (χ3n) is 2.22. The van der Waals surface area contributed by atoms with Gasteiger partial charge >= 0.3 is 5.97 Å². The highest BCUT2D eigenvalue weighted by Gasteiger charge is 2.10. The molecule has 6 heteroatoms. The molecule has 0 unspecified atom stereocenters. The Hall–Kier alpha value is -1.02. The van der Waals surface area contributed by atoms with E-state index in [1.54, 1.807) is 0 Å². The Morgan fingerprint density at radius 3 is 2.72 bits per heavy atom. The van der Waals surface area contributed by atoms with Gasteiger partial charge in [0.05, 0.1) is 11.4 Å². The number of hydrogen-bond acceptors (Lipinski definition) is 3. The molecule has 0 aliphatic carbocycles. The molecule has 0 amide bonds. The molecule has 4 nitrogen and oxygen atoms in total. The highest BCUT2D eigenvalue weighted by molar-refractivity contribution is 14.1. The number of aryl methyl sites for hydroxylation is 1. The van der Waals surface area contributed by atoms with Crippen molar-refractivity contribution in [2.24, 2.45) is 0 Å². The molecule has 0 fully saturated rings. The van der Waals surface area contributed by atoms with E-state index < -0.39 is 5.97 Å². The number of rotatable bonds is 4. The van der Waals surface area contributed by atoms with E-state index in [-0.39, 0.29) is 5.75 Å². The summed E-state index contributed by atoms with van der Waals surface area (Å²) in [5.41, 5.74) is 1.87. The fourth-order valence-corrected chi connectivity index (χ4v) is 2.61. The number of benzene rings is 1. The third kappa shape index (κ3) is 3.26. The first kappa shape index (κ1) is 13.4. The number of aliphatic carboxylic acids is 1. The minimum absolute atomic E-state index is 0.0147. The number of nitrogens with zero attached hydrogens (tertiary/aromatic N) is 2. The van der Waals surface area contributed by atoms with Crippen molar-refractivity contribution in [1.82, 2.24) is 9.55 Å². The number of aromatic nitrogens is 2. The average Bonchev–Trinajstić information content (AvgIpc) is 2.69. The van der Waals surface area contributed by atoms with Gasteiger partial charge in [-0.2, -0.15) is 0 Å². The number of thioether (sulfide) groups is 1. The van der Waals surface area contributed by atoms with Crippen LogP contribution in [-0.2, 0) is 4.79 Å². The predicted molar refractivity (Wildman–Crippen MR) is 79.4 cm³/mol. The molecule has 0 saturated carbocycles. The highest BCUT2D eigenvalue weighted by atomic mass is 127. The monoisotopic (exact) mass is 374 g/mol. The van der Waals surface area contributed by atoms with Crippen molar-refractivity contribution in [3.05, 3.63) is 39.7 Å². The van der Waals surface area contributed by atoms with Crippen molar-refractivity contribution in [1.29, 1.82) is 0 Å². The second kappa shape index (κ2) is 5.75. The number of hydrogen-bond donors (Lipinski definition) is 1. The maximum atomic E-state index is 10.6. The Bertz CT molecular complexity index is 566. The maximum Gasteiger partial charge on any atom is 0.313 e. The Kier molecular flexibility index (Phi) is 4.28. The average molecular weight is 374 g/mol. The Morgan fingerprint density at radius 2 is 2.11 bits per heavy atom. The van der Waals surface area contributed by atoms with Gasteiger partial charge in [0.1, 0.15) is 0 Å². The number of halogens is 1. The molecule has 0 aliphatic rings. The number of carboxylic acids is 1. The molecular weight excluding hydrogens is 363 g/mol. The molecule has 1 aromatic heterocycles. The van der Waals surface area contributed by atoms with Crippen LogP contribution < -0.4 is 0 Å². The Morgan fingerprint density at radius 1 is 1.44 bits per heavy atom. The van der Waals surface area contributed by atoms with Gasteiger partial charge in [-0.15, -0.1) is 0 Å². The quantitative estimate of drug-likeness (QED) is 0.661. The first-order chi connectivity index (χ1) is 8.56. The van der Waals surface area contributed by atoms with Crippen molar-refractivity contribution in [2.45, 2.75) is 12.1 Å². The molecule has 1 aromatic carbocycles. The molecule has 0 radical (unpaired) electrons. The van der Waals surface area contributed by atoms with Crippen molar-refractivity contribution in [3.63, 3.8) is 0 Å². The topological polar surface area (TPSA) is 55.1 Å². The molecule has 0 atom stereocenters.